The van der Waals surface area contributed by atoms with Gasteiger partial charge in [-0.15, -0.1) is 0 Å². The summed E-state index contributed by atoms with van der Waals surface area (Å²) in [6.45, 7) is 3.20. The monoisotopic (exact) mass is 429 g/mol. The Kier molecular flexibility index (Phi) is 6.90. The maximum absolute atomic E-state index is 13.6. The topological polar surface area (TPSA) is 67.5 Å². The highest BCUT2D eigenvalue weighted by Crippen LogP contribution is 2.37. The zero-order valence-corrected chi connectivity index (χ0v) is 18.4. The quantitative estimate of drug-likeness (QED) is 0.733. The number of ether oxygens (including phenoxy) is 2. The van der Waals surface area contributed by atoms with Gasteiger partial charge in [-0.1, -0.05) is 12.1 Å². The molecule has 0 spiro atoms. The third-order valence-corrected chi connectivity index (χ3v) is 6.92. The predicted molar refractivity (Wildman–Crippen MR) is 116 cm³/mol. The number of H-pyrrole nitrogens is 1. The van der Waals surface area contributed by atoms with Crippen molar-refractivity contribution in [2.45, 2.75) is 69.4 Å². The first kappa shape index (κ1) is 21.8. The van der Waals surface area contributed by atoms with E-state index >= 15 is 0 Å². The van der Waals surface area contributed by atoms with Gasteiger partial charge in [-0.2, -0.15) is 5.10 Å². The van der Waals surface area contributed by atoms with Crippen LogP contribution in [0, 0.1) is 12.7 Å². The van der Waals surface area contributed by atoms with Crippen LogP contribution >= 0.6 is 0 Å². The summed E-state index contributed by atoms with van der Waals surface area (Å²) in [7, 11) is 1.43. The molecular formula is C24H32FN3O3. The van der Waals surface area contributed by atoms with E-state index in [9.17, 15) is 9.18 Å². The molecule has 2 atom stereocenters. The van der Waals surface area contributed by atoms with Gasteiger partial charge in [-0.3, -0.25) is 5.10 Å². The molecule has 1 saturated heterocycles. The number of hydrogen-bond donors (Lipinski definition) is 1. The van der Waals surface area contributed by atoms with Crippen molar-refractivity contribution in [2.75, 3.05) is 20.3 Å². The first-order valence-electron chi connectivity index (χ1n) is 11.3. The minimum absolute atomic E-state index is 0.0821. The van der Waals surface area contributed by atoms with Crippen LogP contribution in [-0.2, 0) is 9.47 Å². The number of aryl methyl sites for hydroxylation is 1. The molecule has 2 aromatic rings. The summed E-state index contributed by atoms with van der Waals surface area (Å²) in [6.07, 6.45) is 7.47. The van der Waals surface area contributed by atoms with Gasteiger partial charge >= 0.3 is 6.09 Å². The van der Waals surface area contributed by atoms with Crippen LogP contribution in [0.2, 0.25) is 0 Å². The van der Waals surface area contributed by atoms with E-state index in [4.69, 9.17) is 9.47 Å². The van der Waals surface area contributed by atoms with Gasteiger partial charge in [-0.25, -0.2) is 9.18 Å². The number of benzene rings is 1. The number of hydrogen-bond acceptors (Lipinski definition) is 4. The summed E-state index contributed by atoms with van der Waals surface area (Å²) in [6, 6.07) is 6.87. The Labute approximate surface area is 183 Å². The summed E-state index contributed by atoms with van der Waals surface area (Å²) in [5.74, 6) is 0.368. The molecule has 7 heteroatoms. The van der Waals surface area contributed by atoms with Crippen molar-refractivity contribution in [1.29, 1.82) is 0 Å². The van der Waals surface area contributed by atoms with Crippen molar-refractivity contribution >= 4 is 6.09 Å². The van der Waals surface area contributed by atoms with Gasteiger partial charge in [0.25, 0.3) is 0 Å². The maximum atomic E-state index is 13.6. The molecule has 1 saturated carbocycles. The van der Waals surface area contributed by atoms with Crippen LogP contribution in [0.15, 0.2) is 30.5 Å². The Morgan fingerprint density at radius 1 is 1.26 bits per heavy atom. The minimum atomic E-state index is -0.301. The summed E-state index contributed by atoms with van der Waals surface area (Å²) in [5, 5.41) is 7.32. The SMILES string of the molecule is COC(=O)N1CCC[C@H](c2[nH]ncc2C)[C@@H]1COC1CCC(c2cccc(F)c2)CC1. The summed E-state index contributed by atoms with van der Waals surface area (Å²) < 4.78 is 25.0. The number of amides is 1. The third kappa shape index (κ3) is 4.92. The Bertz CT molecular complexity index is 878. The predicted octanol–water partition coefficient (Wildman–Crippen LogP) is 4.91. The number of carbonyl (C=O) groups excluding carboxylic acids is 1. The van der Waals surface area contributed by atoms with E-state index in [0.717, 1.165) is 55.3 Å². The Morgan fingerprint density at radius 2 is 2.06 bits per heavy atom. The average molecular weight is 430 g/mol. The molecule has 1 aliphatic carbocycles. The Hall–Kier alpha value is -2.41. The normalized spacial score (nSPS) is 26.6. The molecule has 2 aliphatic rings. The number of rotatable bonds is 5. The lowest BCUT2D eigenvalue weighted by Gasteiger charge is -2.41. The molecule has 1 aromatic carbocycles. The highest BCUT2D eigenvalue weighted by atomic mass is 19.1. The molecule has 1 aliphatic heterocycles. The minimum Gasteiger partial charge on any atom is -0.453 e. The number of carbonyl (C=O) groups is 1. The van der Waals surface area contributed by atoms with Crippen LogP contribution in [0.1, 0.15) is 67.2 Å². The van der Waals surface area contributed by atoms with Gasteiger partial charge in [0.2, 0.25) is 0 Å². The number of nitrogens with one attached hydrogen (secondary N) is 1. The molecule has 6 nitrogen and oxygen atoms in total. The number of likely N-dealkylation sites (tertiary alicyclic amines) is 1. The molecule has 2 fully saturated rings. The first-order chi connectivity index (χ1) is 15.1. The Balaban J connectivity index is 1.39. The molecule has 0 unspecified atom stereocenters. The van der Waals surface area contributed by atoms with Gasteiger partial charge in [0, 0.05) is 18.2 Å². The van der Waals surface area contributed by atoms with E-state index in [2.05, 4.69) is 10.2 Å². The highest BCUT2D eigenvalue weighted by Gasteiger charge is 2.38. The smallest absolute Gasteiger partial charge is 0.409 e. The van der Waals surface area contributed by atoms with E-state index in [-0.39, 0.29) is 30.0 Å². The van der Waals surface area contributed by atoms with Crippen LogP contribution < -0.4 is 0 Å². The lowest BCUT2D eigenvalue weighted by Crippen LogP contribution is -2.50. The molecular weight excluding hydrogens is 397 g/mol. The van der Waals surface area contributed by atoms with Crippen LogP contribution in [0.25, 0.3) is 0 Å². The van der Waals surface area contributed by atoms with E-state index in [1.54, 1.807) is 12.1 Å². The summed E-state index contributed by atoms with van der Waals surface area (Å²) in [4.78, 5) is 14.3. The number of methoxy groups -OCH3 is 1. The number of aromatic nitrogens is 2. The molecule has 4 rings (SSSR count). The van der Waals surface area contributed by atoms with Gasteiger partial charge in [0.15, 0.2) is 0 Å². The second-order valence-electron chi connectivity index (χ2n) is 8.81. The van der Waals surface area contributed by atoms with Crippen LogP contribution in [0.4, 0.5) is 9.18 Å². The third-order valence-electron chi connectivity index (χ3n) is 6.92. The van der Waals surface area contributed by atoms with Gasteiger partial charge in [0.05, 0.1) is 32.1 Å². The van der Waals surface area contributed by atoms with Crippen molar-refractivity contribution < 1.29 is 18.7 Å². The number of aromatic amines is 1. The Morgan fingerprint density at radius 3 is 2.74 bits per heavy atom. The second kappa shape index (κ2) is 9.81. The van der Waals surface area contributed by atoms with Crippen LogP contribution in [0.3, 0.4) is 0 Å². The van der Waals surface area contributed by atoms with Crippen molar-refractivity contribution in [3.05, 3.63) is 53.1 Å². The number of halogens is 1. The zero-order chi connectivity index (χ0) is 21.8. The van der Waals surface area contributed by atoms with Crippen LogP contribution in [-0.4, -0.2) is 53.6 Å². The first-order valence-corrected chi connectivity index (χ1v) is 11.3. The largest absolute Gasteiger partial charge is 0.453 e. The molecule has 2 heterocycles. The number of piperidine rings is 1. The van der Waals surface area contributed by atoms with Gasteiger partial charge in [0.1, 0.15) is 5.82 Å². The molecule has 168 valence electrons. The summed E-state index contributed by atoms with van der Waals surface area (Å²) >= 11 is 0. The standard InChI is InChI=1S/C24H32FN3O3/c1-16-14-26-27-23(16)21-7-4-12-28(24(29)30-2)22(21)15-31-20-10-8-17(9-11-20)18-5-3-6-19(25)13-18/h3,5-6,13-14,17,20-22H,4,7-12,15H2,1-2H3,(H,26,27)/t17?,20?,21-,22-/m0/s1. The summed E-state index contributed by atoms with van der Waals surface area (Å²) in [5.41, 5.74) is 3.27. The number of nitrogens with zero attached hydrogens (tertiary/aromatic N) is 2. The second-order valence-corrected chi connectivity index (χ2v) is 8.81. The molecule has 1 aromatic heterocycles. The van der Waals surface area contributed by atoms with E-state index in [1.165, 1.54) is 13.2 Å². The molecule has 0 bridgehead atoms. The van der Waals surface area contributed by atoms with Crippen molar-refractivity contribution in [1.82, 2.24) is 15.1 Å². The zero-order valence-electron chi connectivity index (χ0n) is 18.4. The molecule has 1 N–H and O–H groups in total. The van der Waals surface area contributed by atoms with Crippen molar-refractivity contribution in [3.8, 4) is 0 Å². The van der Waals surface area contributed by atoms with Crippen molar-refractivity contribution in [2.24, 2.45) is 0 Å². The van der Waals surface area contributed by atoms with Gasteiger partial charge in [-0.05, 0) is 74.6 Å². The fourth-order valence-electron chi connectivity index (χ4n) is 5.23. The highest BCUT2D eigenvalue weighted by molar-refractivity contribution is 5.68. The van der Waals surface area contributed by atoms with E-state index in [0.29, 0.717) is 19.1 Å². The lowest BCUT2D eigenvalue weighted by atomic mass is 9.82. The maximum Gasteiger partial charge on any atom is 0.409 e. The fraction of sp³-hybridized carbons (Fsp3) is 0.583. The van der Waals surface area contributed by atoms with E-state index in [1.807, 2.05) is 24.1 Å². The van der Waals surface area contributed by atoms with Crippen molar-refractivity contribution in [3.63, 3.8) is 0 Å². The average Bonchev–Trinajstić information content (AvgIpc) is 3.23. The lowest BCUT2D eigenvalue weighted by molar-refractivity contribution is -0.0242. The molecule has 1 amide bonds. The molecule has 0 radical (unpaired) electrons. The van der Waals surface area contributed by atoms with Crippen LogP contribution in [0.5, 0.6) is 0 Å². The molecule has 31 heavy (non-hydrogen) atoms. The van der Waals surface area contributed by atoms with E-state index < -0.39 is 0 Å². The van der Waals surface area contributed by atoms with Gasteiger partial charge < -0.3 is 14.4 Å². The fourth-order valence-corrected chi connectivity index (χ4v) is 5.23.